The summed E-state index contributed by atoms with van der Waals surface area (Å²) in [6.45, 7) is 6.50. The van der Waals surface area contributed by atoms with E-state index in [-0.39, 0.29) is 30.0 Å². The van der Waals surface area contributed by atoms with Crippen molar-refractivity contribution in [2.24, 2.45) is 22.7 Å². The summed E-state index contributed by atoms with van der Waals surface area (Å²) in [5, 5.41) is 30.1. The van der Waals surface area contributed by atoms with Crippen molar-refractivity contribution in [3.8, 4) is 0 Å². The number of hydrogen-bond acceptors (Lipinski definition) is 3. The minimum atomic E-state index is -0.770. The quantitative estimate of drug-likeness (QED) is 0.707. The van der Waals surface area contributed by atoms with E-state index in [1.165, 1.54) is 0 Å². The van der Waals surface area contributed by atoms with Crippen LogP contribution in [0.5, 0.6) is 0 Å². The summed E-state index contributed by atoms with van der Waals surface area (Å²) in [6.07, 6.45) is 4.88. The molecule has 0 amide bonds. The van der Waals surface area contributed by atoms with Gasteiger partial charge in [0.15, 0.2) is 0 Å². The summed E-state index contributed by atoms with van der Waals surface area (Å²) < 4.78 is 0. The largest absolute Gasteiger partial charge is 0.396 e. The second kappa shape index (κ2) is 4.46. The molecule has 5 unspecified atom stereocenters. The summed E-state index contributed by atoms with van der Waals surface area (Å²) in [5.41, 5.74) is -0.864. The van der Waals surface area contributed by atoms with Crippen LogP contribution in [0, 0.1) is 22.7 Å². The SMILES string of the molecule is CC1(O)CCC2C(C)(CO)CCCC2(C)C1CO. The average molecular weight is 256 g/mol. The van der Waals surface area contributed by atoms with Crippen LogP contribution in [0.3, 0.4) is 0 Å². The van der Waals surface area contributed by atoms with Crippen LogP contribution in [0.2, 0.25) is 0 Å². The van der Waals surface area contributed by atoms with Crippen LogP contribution in [0.25, 0.3) is 0 Å². The standard InChI is InChI=1S/C15H28O3/c1-13(10-17)6-4-7-14(2)11(13)5-8-15(3,18)12(14)9-16/h11-12,16-18H,4-10H2,1-3H3. The smallest absolute Gasteiger partial charge is 0.0675 e. The third-order valence-corrected chi connectivity index (χ3v) is 6.13. The van der Waals surface area contributed by atoms with E-state index in [0.717, 1.165) is 32.1 Å². The molecule has 2 aliphatic carbocycles. The van der Waals surface area contributed by atoms with Crippen LogP contribution in [0.15, 0.2) is 0 Å². The number of aliphatic hydroxyl groups is 3. The lowest BCUT2D eigenvalue weighted by atomic mass is 9.45. The predicted molar refractivity (Wildman–Crippen MR) is 71.1 cm³/mol. The minimum Gasteiger partial charge on any atom is -0.396 e. The molecule has 2 fully saturated rings. The molecule has 3 heteroatoms. The third kappa shape index (κ3) is 1.91. The highest BCUT2D eigenvalue weighted by Gasteiger charge is 2.58. The van der Waals surface area contributed by atoms with Crippen LogP contribution >= 0.6 is 0 Å². The van der Waals surface area contributed by atoms with Gasteiger partial charge in [0.25, 0.3) is 0 Å². The molecular formula is C15H28O3. The van der Waals surface area contributed by atoms with Crippen LogP contribution in [-0.4, -0.2) is 34.1 Å². The molecule has 0 heterocycles. The normalized spacial score (nSPS) is 53.0. The Morgan fingerprint density at radius 2 is 1.72 bits per heavy atom. The zero-order valence-corrected chi connectivity index (χ0v) is 11.9. The van der Waals surface area contributed by atoms with Crippen LogP contribution in [0.4, 0.5) is 0 Å². The van der Waals surface area contributed by atoms with Crippen molar-refractivity contribution in [1.29, 1.82) is 0 Å². The fourth-order valence-electron chi connectivity index (χ4n) is 5.03. The van der Waals surface area contributed by atoms with Gasteiger partial charge >= 0.3 is 0 Å². The first kappa shape index (κ1) is 14.3. The summed E-state index contributed by atoms with van der Waals surface area (Å²) in [4.78, 5) is 0. The van der Waals surface area contributed by atoms with Gasteiger partial charge in [-0.05, 0) is 49.4 Å². The molecule has 0 aromatic carbocycles. The van der Waals surface area contributed by atoms with Gasteiger partial charge in [-0.1, -0.05) is 20.3 Å². The molecule has 3 nitrogen and oxygen atoms in total. The highest BCUT2D eigenvalue weighted by atomic mass is 16.3. The number of hydrogen-bond donors (Lipinski definition) is 3. The summed E-state index contributed by atoms with van der Waals surface area (Å²) >= 11 is 0. The van der Waals surface area contributed by atoms with Crippen molar-refractivity contribution in [3.05, 3.63) is 0 Å². The van der Waals surface area contributed by atoms with Crippen LogP contribution in [-0.2, 0) is 0 Å². The Morgan fingerprint density at radius 1 is 1.06 bits per heavy atom. The second-order valence-electron chi connectivity index (χ2n) is 7.36. The van der Waals surface area contributed by atoms with E-state index in [2.05, 4.69) is 13.8 Å². The maximum atomic E-state index is 10.6. The maximum absolute atomic E-state index is 10.6. The molecule has 0 spiro atoms. The molecular weight excluding hydrogens is 228 g/mol. The van der Waals surface area contributed by atoms with Crippen molar-refractivity contribution in [1.82, 2.24) is 0 Å². The zero-order chi connectivity index (χ0) is 13.6. The first-order valence-electron chi connectivity index (χ1n) is 7.24. The van der Waals surface area contributed by atoms with Crippen molar-refractivity contribution >= 4 is 0 Å². The Morgan fingerprint density at radius 3 is 2.28 bits per heavy atom. The topological polar surface area (TPSA) is 60.7 Å². The molecule has 0 radical (unpaired) electrons. The summed E-state index contributed by atoms with van der Waals surface area (Å²) in [6, 6.07) is 0. The lowest BCUT2D eigenvalue weighted by Crippen LogP contribution is -2.59. The molecule has 2 aliphatic rings. The van der Waals surface area contributed by atoms with E-state index >= 15 is 0 Å². The predicted octanol–water partition coefficient (Wildman–Crippen LogP) is 1.94. The molecule has 0 aromatic rings. The van der Waals surface area contributed by atoms with E-state index in [0.29, 0.717) is 5.92 Å². The van der Waals surface area contributed by atoms with E-state index in [4.69, 9.17) is 0 Å². The summed E-state index contributed by atoms with van der Waals surface area (Å²) in [7, 11) is 0. The molecule has 3 N–H and O–H groups in total. The van der Waals surface area contributed by atoms with E-state index < -0.39 is 5.60 Å². The Labute approximate surface area is 110 Å². The van der Waals surface area contributed by atoms with Gasteiger partial charge in [-0.2, -0.15) is 0 Å². The van der Waals surface area contributed by atoms with E-state index in [1.54, 1.807) is 0 Å². The van der Waals surface area contributed by atoms with Gasteiger partial charge in [0, 0.05) is 19.1 Å². The molecule has 0 saturated heterocycles. The van der Waals surface area contributed by atoms with Crippen LogP contribution in [0.1, 0.15) is 52.9 Å². The fraction of sp³-hybridized carbons (Fsp3) is 1.00. The number of aliphatic hydroxyl groups excluding tert-OH is 2. The van der Waals surface area contributed by atoms with Gasteiger partial charge < -0.3 is 15.3 Å². The molecule has 2 rings (SSSR count). The third-order valence-electron chi connectivity index (χ3n) is 6.13. The first-order valence-corrected chi connectivity index (χ1v) is 7.24. The van der Waals surface area contributed by atoms with E-state index in [1.807, 2.05) is 6.92 Å². The first-order chi connectivity index (χ1) is 8.30. The molecule has 0 aliphatic heterocycles. The van der Waals surface area contributed by atoms with Crippen molar-refractivity contribution in [2.45, 2.75) is 58.5 Å². The highest BCUT2D eigenvalue weighted by molar-refractivity contribution is 5.08. The van der Waals surface area contributed by atoms with E-state index in [9.17, 15) is 15.3 Å². The molecule has 5 atom stereocenters. The lowest BCUT2D eigenvalue weighted by molar-refractivity contribution is -0.188. The monoisotopic (exact) mass is 256 g/mol. The minimum absolute atomic E-state index is 0.0432. The Bertz CT molecular complexity index is 315. The molecule has 106 valence electrons. The number of fused-ring (bicyclic) bond motifs is 1. The molecule has 18 heavy (non-hydrogen) atoms. The Kier molecular flexibility index (Phi) is 3.54. The van der Waals surface area contributed by atoms with Gasteiger partial charge in [-0.25, -0.2) is 0 Å². The fourth-order valence-corrected chi connectivity index (χ4v) is 5.03. The molecule has 2 saturated carbocycles. The molecule has 0 aromatic heterocycles. The van der Waals surface area contributed by atoms with Gasteiger partial charge in [-0.3, -0.25) is 0 Å². The van der Waals surface area contributed by atoms with Gasteiger partial charge in [0.05, 0.1) is 5.60 Å². The van der Waals surface area contributed by atoms with Crippen molar-refractivity contribution in [3.63, 3.8) is 0 Å². The lowest BCUT2D eigenvalue weighted by Gasteiger charge is -2.61. The van der Waals surface area contributed by atoms with Gasteiger partial charge in [0.2, 0.25) is 0 Å². The van der Waals surface area contributed by atoms with Crippen molar-refractivity contribution in [2.75, 3.05) is 13.2 Å². The van der Waals surface area contributed by atoms with Crippen LogP contribution < -0.4 is 0 Å². The molecule has 0 bridgehead atoms. The van der Waals surface area contributed by atoms with Gasteiger partial charge in [0.1, 0.15) is 0 Å². The van der Waals surface area contributed by atoms with Crippen molar-refractivity contribution < 1.29 is 15.3 Å². The summed E-state index contributed by atoms with van der Waals surface area (Å²) in [5.74, 6) is 0.330. The highest BCUT2D eigenvalue weighted by Crippen LogP contribution is 2.61. The second-order valence-corrected chi connectivity index (χ2v) is 7.36. The number of rotatable bonds is 2. The zero-order valence-electron chi connectivity index (χ0n) is 11.9. The Balaban J connectivity index is 2.38. The average Bonchev–Trinajstić information content (AvgIpc) is 2.27. The Hall–Kier alpha value is -0.120. The maximum Gasteiger partial charge on any atom is 0.0675 e. The van der Waals surface area contributed by atoms with Gasteiger partial charge in [-0.15, -0.1) is 0 Å².